The Bertz CT molecular complexity index is 1090. The number of fused-ring (bicyclic) bond motifs is 1. The molecule has 0 bridgehead atoms. The van der Waals surface area contributed by atoms with E-state index in [0.29, 0.717) is 17.1 Å². The lowest BCUT2D eigenvalue weighted by Crippen LogP contribution is -2.47. The second kappa shape index (κ2) is 7.20. The number of nitrogens with two attached hydrogens (primary N) is 1. The molecule has 4 rings (SSSR count). The summed E-state index contributed by atoms with van der Waals surface area (Å²) in [6, 6.07) is 4.05. The van der Waals surface area contributed by atoms with Crippen LogP contribution in [0.4, 0.5) is 19.0 Å². The molecule has 1 saturated heterocycles. The molecular formula is C19H19F3N4O4. The van der Waals surface area contributed by atoms with Gasteiger partial charge in [-0.25, -0.2) is 23.1 Å². The first-order valence-corrected chi connectivity index (χ1v) is 9.00. The zero-order chi connectivity index (χ0) is 21.8. The topological polar surface area (TPSA) is 127 Å². The Hall–Kier alpha value is -2.73. The highest BCUT2D eigenvalue weighted by Crippen LogP contribution is 2.44. The summed E-state index contributed by atoms with van der Waals surface area (Å²) in [5, 5.41) is 32.8. The molecule has 1 fully saturated rings. The number of aliphatic hydroxyl groups is 3. The van der Waals surface area contributed by atoms with Gasteiger partial charge in [-0.15, -0.1) is 0 Å². The van der Waals surface area contributed by atoms with Crippen LogP contribution in [0.5, 0.6) is 0 Å². The van der Waals surface area contributed by atoms with Gasteiger partial charge in [0, 0.05) is 11.8 Å². The van der Waals surface area contributed by atoms with E-state index in [1.807, 2.05) is 0 Å². The maximum absolute atomic E-state index is 13.8. The van der Waals surface area contributed by atoms with E-state index in [4.69, 9.17) is 10.5 Å². The number of alkyl halides is 2. The quantitative estimate of drug-likeness (QED) is 0.503. The highest BCUT2D eigenvalue weighted by atomic mass is 19.3. The molecule has 1 aliphatic rings. The standard InChI is InChI=1S/C19H19F3N4O4/c1-19(29)13(28)18(26-3-2-11-16(23)24-7-25-17(11)26)30-14(19)12(27)8-4-9(15(21)22)6-10(20)5-8/h2-7,12-15,18,27-29H,1H3,(H2,23,24,25)/t12?,13-,14+,18+,19+/m0/s1. The molecule has 5 atom stereocenters. The van der Waals surface area contributed by atoms with Gasteiger partial charge in [0.15, 0.2) is 6.23 Å². The summed E-state index contributed by atoms with van der Waals surface area (Å²) in [6.07, 6.45) is -6.09. The van der Waals surface area contributed by atoms with Crippen LogP contribution in [-0.4, -0.2) is 47.7 Å². The molecule has 0 saturated carbocycles. The van der Waals surface area contributed by atoms with Crippen LogP contribution in [0.15, 0.2) is 36.8 Å². The minimum Gasteiger partial charge on any atom is -0.386 e. The average Bonchev–Trinajstić information content (AvgIpc) is 3.21. The molecule has 0 aliphatic carbocycles. The molecule has 1 unspecified atom stereocenters. The second-order valence-electron chi connectivity index (χ2n) is 7.40. The van der Waals surface area contributed by atoms with E-state index < -0.39 is 47.9 Å². The molecule has 1 aromatic carbocycles. The third-order valence-corrected chi connectivity index (χ3v) is 5.37. The van der Waals surface area contributed by atoms with Gasteiger partial charge in [0.1, 0.15) is 47.5 Å². The van der Waals surface area contributed by atoms with E-state index in [2.05, 4.69) is 9.97 Å². The third kappa shape index (κ3) is 3.19. The molecule has 5 N–H and O–H groups in total. The summed E-state index contributed by atoms with van der Waals surface area (Å²) >= 11 is 0. The Morgan fingerprint density at radius 3 is 2.63 bits per heavy atom. The molecule has 3 heterocycles. The third-order valence-electron chi connectivity index (χ3n) is 5.37. The highest BCUT2D eigenvalue weighted by Gasteiger charge is 2.56. The summed E-state index contributed by atoms with van der Waals surface area (Å²) < 4.78 is 47.0. The maximum atomic E-state index is 13.8. The van der Waals surface area contributed by atoms with Crippen molar-refractivity contribution in [2.24, 2.45) is 0 Å². The van der Waals surface area contributed by atoms with Gasteiger partial charge < -0.3 is 30.4 Å². The van der Waals surface area contributed by atoms with Crippen LogP contribution in [-0.2, 0) is 4.74 Å². The van der Waals surface area contributed by atoms with Gasteiger partial charge in [-0.1, -0.05) is 0 Å². The molecule has 1 aliphatic heterocycles. The van der Waals surface area contributed by atoms with E-state index in [9.17, 15) is 28.5 Å². The number of ether oxygens (including phenoxy) is 1. The van der Waals surface area contributed by atoms with Gasteiger partial charge in [0.25, 0.3) is 6.43 Å². The van der Waals surface area contributed by atoms with Crippen molar-refractivity contribution in [3.63, 3.8) is 0 Å². The summed E-state index contributed by atoms with van der Waals surface area (Å²) in [5.74, 6) is -0.769. The van der Waals surface area contributed by atoms with E-state index in [1.54, 1.807) is 6.07 Å². The van der Waals surface area contributed by atoms with Gasteiger partial charge in [0.2, 0.25) is 0 Å². The largest absolute Gasteiger partial charge is 0.386 e. The van der Waals surface area contributed by atoms with Gasteiger partial charge >= 0.3 is 0 Å². The maximum Gasteiger partial charge on any atom is 0.263 e. The summed E-state index contributed by atoms with van der Waals surface area (Å²) in [4.78, 5) is 7.98. The van der Waals surface area contributed by atoms with Crippen molar-refractivity contribution in [2.75, 3.05) is 5.73 Å². The van der Waals surface area contributed by atoms with E-state index in [0.717, 1.165) is 12.1 Å². The monoisotopic (exact) mass is 424 g/mol. The Labute approximate surface area is 168 Å². The lowest BCUT2D eigenvalue weighted by atomic mass is 9.88. The van der Waals surface area contributed by atoms with Crippen molar-refractivity contribution in [2.45, 2.75) is 43.5 Å². The van der Waals surface area contributed by atoms with E-state index >= 15 is 0 Å². The number of anilines is 1. The molecule has 3 aromatic rings. The van der Waals surface area contributed by atoms with Crippen LogP contribution in [0.1, 0.15) is 36.8 Å². The van der Waals surface area contributed by atoms with Gasteiger partial charge in [-0.3, -0.25) is 0 Å². The minimum atomic E-state index is -2.95. The molecule has 0 spiro atoms. The van der Waals surface area contributed by atoms with Crippen LogP contribution in [0.3, 0.4) is 0 Å². The fraction of sp³-hybridized carbons (Fsp3) is 0.368. The Balaban J connectivity index is 1.71. The predicted molar refractivity (Wildman–Crippen MR) is 98.8 cm³/mol. The zero-order valence-corrected chi connectivity index (χ0v) is 15.7. The van der Waals surface area contributed by atoms with Crippen LogP contribution in [0, 0.1) is 5.82 Å². The van der Waals surface area contributed by atoms with Gasteiger partial charge in [0.05, 0.1) is 5.39 Å². The zero-order valence-electron chi connectivity index (χ0n) is 15.7. The van der Waals surface area contributed by atoms with Crippen molar-refractivity contribution < 1.29 is 33.2 Å². The highest BCUT2D eigenvalue weighted by molar-refractivity contribution is 5.86. The first-order chi connectivity index (χ1) is 14.1. The molecule has 2 aromatic heterocycles. The molecule has 8 nitrogen and oxygen atoms in total. The first-order valence-electron chi connectivity index (χ1n) is 9.00. The van der Waals surface area contributed by atoms with Gasteiger partial charge in [-0.2, -0.15) is 0 Å². The Morgan fingerprint density at radius 1 is 1.23 bits per heavy atom. The number of benzene rings is 1. The van der Waals surface area contributed by atoms with Gasteiger partial charge in [-0.05, 0) is 36.8 Å². The van der Waals surface area contributed by atoms with Crippen LogP contribution in [0.2, 0.25) is 0 Å². The van der Waals surface area contributed by atoms with Crippen molar-refractivity contribution in [3.05, 3.63) is 53.7 Å². The number of aliphatic hydroxyl groups excluding tert-OH is 2. The fourth-order valence-electron chi connectivity index (χ4n) is 3.73. The number of hydrogen-bond acceptors (Lipinski definition) is 7. The number of halogens is 3. The summed E-state index contributed by atoms with van der Waals surface area (Å²) in [7, 11) is 0. The van der Waals surface area contributed by atoms with Crippen LogP contribution in [0.25, 0.3) is 11.0 Å². The fourth-order valence-corrected chi connectivity index (χ4v) is 3.73. The number of hydrogen-bond donors (Lipinski definition) is 4. The van der Waals surface area contributed by atoms with Crippen molar-refractivity contribution in [1.82, 2.24) is 14.5 Å². The molecule has 30 heavy (non-hydrogen) atoms. The number of rotatable bonds is 4. The Kier molecular flexibility index (Phi) is 4.93. The van der Waals surface area contributed by atoms with Crippen LogP contribution >= 0.6 is 0 Å². The SMILES string of the molecule is C[C@]1(O)[C@@H](C(O)c2cc(F)cc(C(F)F)c2)O[C@@H](n2ccc3c(N)ncnc32)[C@@H]1O. The van der Waals surface area contributed by atoms with Crippen molar-refractivity contribution in [3.8, 4) is 0 Å². The molecular weight excluding hydrogens is 405 g/mol. The first kappa shape index (κ1) is 20.5. The number of nitrogen functional groups attached to an aromatic ring is 1. The molecule has 0 radical (unpaired) electrons. The Morgan fingerprint density at radius 2 is 1.93 bits per heavy atom. The molecule has 11 heteroatoms. The molecule has 0 amide bonds. The lowest BCUT2D eigenvalue weighted by molar-refractivity contribution is -0.115. The summed E-state index contributed by atoms with van der Waals surface area (Å²) in [6.45, 7) is 1.23. The normalized spacial score (nSPS) is 27.8. The lowest BCUT2D eigenvalue weighted by Gasteiger charge is -2.30. The van der Waals surface area contributed by atoms with E-state index in [-0.39, 0.29) is 11.4 Å². The van der Waals surface area contributed by atoms with Crippen molar-refractivity contribution in [1.29, 1.82) is 0 Å². The molecule has 160 valence electrons. The minimum absolute atomic E-state index is 0.203. The van der Waals surface area contributed by atoms with Crippen molar-refractivity contribution >= 4 is 16.9 Å². The average molecular weight is 424 g/mol. The number of nitrogens with zero attached hydrogens (tertiary/aromatic N) is 3. The van der Waals surface area contributed by atoms with E-state index in [1.165, 1.54) is 24.0 Å². The number of aromatic nitrogens is 3. The second-order valence-corrected chi connectivity index (χ2v) is 7.40. The summed E-state index contributed by atoms with van der Waals surface area (Å²) in [5.41, 5.74) is 3.29. The smallest absolute Gasteiger partial charge is 0.263 e. The van der Waals surface area contributed by atoms with Crippen LogP contribution < -0.4 is 5.73 Å². The predicted octanol–water partition coefficient (Wildman–Crippen LogP) is 1.83.